The first-order valence-electron chi connectivity index (χ1n) is 8.73. The molecule has 34 heavy (non-hydrogen) atoms. The highest BCUT2D eigenvalue weighted by Crippen LogP contribution is 2.40. The second-order valence-corrected chi connectivity index (χ2v) is 6.81. The average molecular weight is 492 g/mol. The molecule has 5 aromatic rings. The van der Waals surface area contributed by atoms with Crippen molar-refractivity contribution in [3.8, 4) is 0 Å². The van der Waals surface area contributed by atoms with Crippen molar-refractivity contribution in [1.82, 2.24) is 29.9 Å². The summed E-state index contributed by atoms with van der Waals surface area (Å²) < 4.78 is 135. The van der Waals surface area contributed by atoms with Gasteiger partial charge in [-0.25, -0.2) is 29.9 Å². The zero-order chi connectivity index (χ0) is 24.7. The molecule has 0 amide bonds. The lowest BCUT2D eigenvalue weighted by Gasteiger charge is -2.15. The molecule has 0 bridgehead atoms. The third-order valence-electron chi connectivity index (χ3n) is 4.70. The van der Waals surface area contributed by atoms with Crippen LogP contribution in [-0.4, -0.2) is 29.9 Å². The van der Waals surface area contributed by atoms with E-state index in [9.17, 15) is 43.9 Å². The molecule has 2 aromatic carbocycles. The summed E-state index contributed by atoms with van der Waals surface area (Å²) in [6, 6.07) is 0.0458. The molecule has 0 aliphatic heterocycles. The largest absolute Gasteiger partial charge is 0.418 e. The van der Waals surface area contributed by atoms with E-state index in [-0.39, 0.29) is 12.1 Å². The van der Waals surface area contributed by atoms with E-state index in [1.807, 2.05) is 0 Å². The molecule has 6 nitrogen and oxygen atoms in total. The van der Waals surface area contributed by atoms with Crippen LogP contribution in [0.15, 0.2) is 12.1 Å². The van der Waals surface area contributed by atoms with E-state index < -0.39 is 91.4 Å². The summed E-state index contributed by atoms with van der Waals surface area (Å²) in [6.45, 7) is 0. The van der Waals surface area contributed by atoms with Crippen LogP contribution in [0.2, 0.25) is 0 Å². The van der Waals surface area contributed by atoms with Crippen molar-refractivity contribution in [1.29, 1.82) is 0 Å². The van der Waals surface area contributed by atoms with Gasteiger partial charge >= 0.3 is 12.4 Å². The number of halogens is 10. The first kappa shape index (κ1) is 21.8. The van der Waals surface area contributed by atoms with E-state index in [1.165, 1.54) is 0 Å². The van der Waals surface area contributed by atoms with Crippen LogP contribution in [0.3, 0.4) is 0 Å². The molecule has 0 saturated heterocycles. The van der Waals surface area contributed by atoms with Gasteiger partial charge in [0.1, 0.15) is 38.6 Å². The van der Waals surface area contributed by atoms with Crippen molar-refractivity contribution < 1.29 is 43.9 Å². The Kier molecular flexibility index (Phi) is 4.35. The van der Waals surface area contributed by atoms with Crippen molar-refractivity contribution in [2.45, 2.75) is 12.4 Å². The Bertz CT molecular complexity index is 1680. The molecular weight excluding hydrogens is 490 g/mol. The number of hydrogen-bond acceptors (Lipinski definition) is 6. The third-order valence-corrected chi connectivity index (χ3v) is 4.70. The van der Waals surface area contributed by atoms with Crippen LogP contribution in [0.5, 0.6) is 0 Å². The monoisotopic (exact) mass is 492 g/mol. The van der Waals surface area contributed by atoms with Crippen LogP contribution in [0.4, 0.5) is 43.9 Å². The maximum Gasteiger partial charge on any atom is 0.418 e. The van der Waals surface area contributed by atoms with E-state index >= 15 is 0 Å². The van der Waals surface area contributed by atoms with Gasteiger partial charge in [0.25, 0.3) is 23.8 Å². The smallest absolute Gasteiger partial charge is 0.242 e. The molecule has 0 unspecified atom stereocenters. The zero-order valence-corrected chi connectivity index (χ0v) is 15.6. The molecule has 0 aliphatic carbocycles. The zero-order valence-electron chi connectivity index (χ0n) is 15.6. The van der Waals surface area contributed by atoms with Gasteiger partial charge in [-0.2, -0.15) is 43.9 Å². The molecule has 0 saturated carbocycles. The van der Waals surface area contributed by atoms with Crippen LogP contribution < -0.4 is 0 Å². The Morgan fingerprint density at radius 3 is 1.21 bits per heavy atom. The highest BCUT2D eigenvalue weighted by molar-refractivity contribution is 6.18. The Labute approximate surface area is 178 Å². The first-order valence-corrected chi connectivity index (χ1v) is 8.73. The van der Waals surface area contributed by atoms with Gasteiger partial charge in [-0.3, -0.25) is 0 Å². The predicted octanol–water partition coefficient (Wildman–Crippen LogP) is 5.26. The lowest BCUT2D eigenvalue weighted by molar-refractivity contribution is -0.142. The molecule has 0 aliphatic rings. The highest BCUT2D eigenvalue weighted by Gasteiger charge is 2.39. The topological polar surface area (TPSA) is 77.3 Å². The van der Waals surface area contributed by atoms with Crippen LogP contribution in [0.25, 0.3) is 44.1 Å². The van der Waals surface area contributed by atoms with Crippen molar-refractivity contribution in [3.63, 3.8) is 0 Å². The second kappa shape index (κ2) is 6.77. The first-order chi connectivity index (χ1) is 15.8. The van der Waals surface area contributed by atoms with Crippen LogP contribution in [0.1, 0.15) is 11.1 Å². The van der Waals surface area contributed by atoms with Gasteiger partial charge in [0.2, 0.25) is 0 Å². The van der Waals surface area contributed by atoms with E-state index in [4.69, 9.17) is 0 Å². The van der Waals surface area contributed by atoms with Crippen LogP contribution >= 0.6 is 0 Å². The second-order valence-electron chi connectivity index (χ2n) is 6.81. The maximum atomic E-state index is 13.8. The number of fused-ring (bicyclic) bond motifs is 7. The Morgan fingerprint density at radius 1 is 0.441 bits per heavy atom. The van der Waals surface area contributed by atoms with Crippen LogP contribution in [-0.2, 0) is 12.4 Å². The van der Waals surface area contributed by atoms with Crippen molar-refractivity contribution >= 4 is 44.1 Å². The molecule has 3 aromatic heterocycles. The summed E-state index contributed by atoms with van der Waals surface area (Å²) in [7, 11) is 0. The fraction of sp³-hybridized carbons (Fsp3) is 0.111. The number of nitrogens with zero attached hydrogens (tertiary/aromatic N) is 6. The molecule has 0 N–H and O–H groups in total. The number of aromatic nitrogens is 6. The van der Waals surface area contributed by atoms with Gasteiger partial charge in [-0.15, -0.1) is 0 Å². The van der Waals surface area contributed by atoms with Gasteiger partial charge in [-0.05, 0) is 12.1 Å². The number of alkyl halides is 6. The normalized spacial score (nSPS) is 13.0. The summed E-state index contributed by atoms with van der Waals surface area (Å²) in [6.07, 6.45) is -10.6. The minimum Gasteiger partial charge on any atom is -0.242 e. The SMILES string of the molecule is Fc1nc2c3nc(F)c(F)nc3c3nc4c(C(F)(F)F)cc(C(F)(F)F)cc4nc3c2nc1F. The van der Waals surface area contributed by atoms with Gasteiger partial charge in [0.05, 0.1) is 16.6 Å². The molecule has 0 radical (unpaired) electrons. The Morgan fingerprint density at radius 2 is 0.824 bits per heavy atom. The molecule has 5 rings (SSSR count). The average Bonchev–Trinajstić information content (AvgIpc) is 2.73. The Hall–Kier alpha value is -3.98. The quantitative estimate of drug-likeness (QED) is 0.167. The highest BCUT2D eigenvalue weighted by atomic mass is 19.4. The van der Waals surface area contributed by atoms with E-state index in [0.717, 1.165) is 0 Å². The van der Waals surface area contributed by atoms with E-state index in [0.29, 0.717) is 0 Å². The summed E-state index contributed by atoms with van der Waals surface area (Å²) in [5.74, 6) is -7.24. The summed E-state index contributed by atoms with van der Waals surface area (Å²) >= 11 is 0. The molecule has 16 heteroatoms. The lowest BCUT2D eigenvalue weighted by Crippen LogP contribution is -2.13. The lowest BCUT2D eigenvalue weighted by atomic mass is 10.1. The predicted molar refractivity (Wildman–Crippen MR) is 93.1 cm³/mol. The molecule has 3 heterocycles. The number of rotatable bonds is 0. The van der Waals surface area contributed by atoms with Gasteiger partial charge in [0.15, 0.2) is 0 Å². The van der Waals surface area contributed by atoms with E-state index in [2.05, 4.69) is 29.9 Å². The standard InChI is InChI=1S/C18H2F10N6/c19-13-15(21)33-11-9(31-13)7-8(10-12(11)34-16(22)14(20)32-10)30-6-4(18(26,27)28)1-3(17(23,24)25)2-5(6)29-7/h1-2H. The van der Waals surface area contributed by atoms with Crippen molar-refractivity contribution in [3.05, 3.63) is 47.1 Å². The summed E-state index contributed by atoms with van der Waals surface area (Å²) in [5.41, 5.74) is -10.0. The molecule has 0 atom stereocenters. The minimum absolute atomic E-state index is 0.202. The van der Waals surface area contributed by atoms with Crippen LogP contribution in [0, 0.1) is 23.8 Å². The van der Waals surface area contributed by atoms with Gasteiger partial charge < -0.3 is 0 Å². The molecular formula is C18H2F10N6. The fourth-order valence-electron chi connectivity index (χ4n) is 3.32. The summed E-state index contributed by atoms with van der Waals surface area (Å²) in [4.78, 5) is 20.1. The molecule has 0 fully saturated rings. The van der Waals surface area contributed by atoms with Crippen molar-refractivity contribution in [2.75, 3.05) is 0 Å². The fourth-order valence-corrected chi connectivity index (χ4v) is 3.32. The minimum atomic E-state index is -5.34. The summed E-state index contributed by atoms with van der Waals surface area (Å²) in [5, 5.41) is 0. The molecule has 174 valence electrons. The Balaban J connectivity index is 2.08. The van der Waals surface area contributed by atoms with Gasteiger partial charge in [-0.1, -0.05) is 0 Å². The maximum absolute atomic E-state index is 13.8. The van der Waals surface area contributed by atoms with E-state index in [1.54, 1.807) is 0 Å². The number of benzene rings is 2. The third kappa shape index (κ3) is 3.19. The van der Waals surface area contributed by atoms with Crippen molar-refractivity contribution in [2.24, 2.45) is 0 Å². The van der Waals surface area contributed by atoms with Gasteiger partial charge in [0, 0.05) is 0 Å². The number of hydrogen-bond donors (Lipinski definition) is 0. The molecule has 0 spiro atoms.